The zero-order chi connectivity index (χ0) is 9.78. The molecule has 0 saturated carbocycles. The number of alkyl halides is 3. The lowest BCUT2D eigenvalue weighted by molar-refractivity contribution is -0.0883. The molecule has 0 aliphatic carbocycles. The van der Waals surface area contributed by atoms with Crippen molar-refractivity contribution in [3.63, 3.8) is 0 Å². The smallest absolute Gasteiger partial charge is 0.416 e. The summed E-state index contributed by atoms with van der Waals surface area (Å²) in [6, 6.07) is 0. The number of rotatable bonds is 3. The molecule has 12 heavy (non-hydrogen) atoms. The Morgan fingerprint density at radius 1 is 1.42 bits per heavy atom. The SMILES string of the molecule is C=C/C(=C\C(=C)OC)C(F)(F)F. The highest BCUT2D eigenvalue weighted by molar-refractivity contribution is 5.28. The number of hydrogen-bond donors (Lipinski definition) is 0. The van der Waals surface area contributed by atoms with Crippen molar-refractivity contribution in [1.82, 2.24) is 0 Å². The summed E-state index contributed by atoms with van der Waals surface area (Å²) in [6.07, 6.45) is -2.90. The van der Waals surface area contributed by atoms with E-state index in [1.54, 1.807) is 0 Å². The molecule has 68 valence electrons. The van der Waals surface area contributed by atoms with Gasteiger partial charge in [0.05, 0.1) is 12.7 Å². The van der Waals surface area contributed by atoms with Gasteiger partial charge in [0.1, 0.15) is 5.76 Å². The zero-order valence-electron chi connectivity index (χ0n) is 6.61. The van der Waals surface area contributed by atoms with Crippen LogP contribution in [0.1, 0.15) is 0 Å². The molecule has 0 aromatic carbocycles. The number of hydrogen-bond acceptors (Lipinski definition) is 1. The summed E-state index contributed by atoms with van der Waals surface area (Å²) in [5.41, 5.74) is -0.866. The predicted molar refractivity (Wildman–Crippen MR) is 40.5 cm³/mol. The lowest BCUT2D eigenvalue weighted by Crippen LogP contribution is -2.10. The first-order chi connectivity index (χ1) is 5.41. The van der Waals surface area contributed by atoms with Crippen molar-refractivity contribution in [3.8, 4) is 0 Å². The van der Waals surface area contributed by atoms with E-state index in [-0.39, 0.29) is 5.76 Å². The van der Waals surface area contributed by atoms with E-state index >= 15 is 0 Å². The van der Waals surface area contributed by atoms with Crippen molar-refractivity contribution in [1.29, 1.82) is 0 Å². The summed E-state index contributed by atoms with van der Waals surface area (Å²) in [7, 11) is 1.25. The molecule has 0 unspecified atom stereocenters. The maximum Gasteiger partial charge on any atom is 0.416 e. The molecular formula is C8H9F3O. The molecule has 0 spiro atoms. The van der Waals surface area contributed by atoms with Crippen LogP contribution in [0.25, 0.3) is 0 Å². The zero-order valence-corrected chi connectivity index (χ0v) is 6.61. The Kier molecular flexibility index (Phi) is 3.60. The fourth-order valence-corrected chi connectivity index (χ4v) is 0.489. The van der Waals surface area contributed by atoms with Crippen LogP contribution in [0.2, 0.25) is 0 Å². The van der Waals surface area contributed by atoms with Crippen molar-refractivity contribution in [2.45, 2.75) is 6.18 Å². The monoisotopic (exact) mass is 178 g/mol. The molecule has 0 atom stereocenters. The Morgan fingerprint density at radius 3 is 2.17 bits per heavy atom. The molecule has 0 heterocycles. The Hall–Kier alpha value is -1.19. The van der Waals surface area contributed by atoms with Gasteiger partial charge >= 0.3 is 6.18 Å². The highest BCUT2D eigenvalue weighted by Crippen LogP contribution is 2.26. The summed E-state index contributed by atoms with van der Waals surface area (Å²) < 4.78 is 40.4. The van der Waals surface area contributed by atoms with Crippen LogP contribution >= 0.6 is 0 Å². The first kappa shape index (κ1) is 10.8. The standard InChI is InChI=1S/C8H9F3O/c1-4-7(8(9,10)11)5-6(2)12-3/h4-5H,1-2H2,3H3/b7-5+. The van der Waals surface area contributed by atoms with Crippen LogP contribution in [0.15, 0.2) is 36.6 Å². The van der Waals surface area contributed by atoms with Crippen LogP contribution in [0, 0.1) is 0 Å². The van der Waals surface area contributed by atoms with Gasteiger partial charge in [0.2, 0.25) is 0 Å². The van der Waals surface area contributed by atoms with E-state index in [1.807, 2.05) is 0 Å². The maximum atomic E-state index is 12.0. The Bertz CT molecular complexity index is 213. The van der Waals surface area contributed by atoms with Crippen LogP contribution in [-0.4, -0.2) is 13.3 Å². The Balaban J connectivity index is 4.67. The van der Waals surface area contributed by atoms with E-state index < -0.39 is 11.7 Å². The van der Waals surface area contributed by atoms with Crippen molar-refractivity contribution in [2.75, 3.05) is 7.11 Å². The van der Waals surface area contributed by atoms with Gasteiger partial charge in [-0.3, -0.25) is 0 Å². The van der Waals surface area contributed by atoms with Gasteiger partial charge in [0, 0.05) is 0 Å². The van der Waals surface area contributed by atoms with Crippen molar-refractivity contribution in [2.24, 2.45) is 0 Å². The Labute approximate surface area is 68.8 Å². The molecule has 0 aromatic heterocycles. The molecule has 0 aliphatic rings. The van der Waals surface area contributed by atoms with E-state index in [9.17, 15) is 13.2 Å². The predicted octanol–water partition coefficient (Wildman–Crippen LogP) is 2.82. The quantitative estimate of drug-likeness (QED) is 0.477. The largest absolute Gasteiger partial charge is 0.497 e. The number of allylic oxidation sites excluding steroid dienone is 3. The van der Waals surface area contributed by atoms with Gasteiger partial charge in [-0.15, -0.1) is 0 Å². The van der Waals surface area contributed by atoms with Crippen molar-refractivity contribution in [3.05, 3.63) is 36.6 Å². The highest BCUT2D eigenvalue weighted by atomic mass is 19.4. The molecule has 0 N–H and O–H groups in total. The first-order valence-electron chi connectivity index (χ1n) is 3.06. The third kappa shape index (κ3) is 3.27. The summed E-state index contributed by atoms with van der Waals surface area (Å²) >= 11 is 0. The number of ether oxygens (including phenoxy) is 1. The van der Waals surface area contributed by atoms with E-state index in [0.717, 1.165) is 6.08 Å². The van der Waals surface area contributed by atoms with Crippen LogP contribution in [0.4, 0.5) is 13.2 Å². The summed E-state index contributed by atoms with van der Waals surface area (Å²) in [4.78, 5) is 0. The van der Waals surface area contributed by atoms with E-state index in [1.165, 1.54) is 7.11 Å². The molecular weight excluding hydrogens is 169 g/mol. The minimum Gasteiger partial charge on any atom is -0.497 e. The summed E-state index contributed by atoms with van der Waals surface area (Å²) in [5, 5.41) is 0. The lowest BCUT2D eigenvalue weighted by Gasteiger charge is -2.07. The van der Waals surface area contributed by atoms with Gasteiger partial charge in [-0.05, 0) is 6.08 Å². The van der Waals surface area contributed by atoms with Gasteiger partial charge in [0.15, 0.2) is 0 Å². The molecule has 0 fully saturated rings. The van der Waals surface area contributed by atoms with Gasteiger partial charge in [0.25, 0.3) is 0 Å². The highest BCUT2D eigenvalue weighted by Gasteiger charge is 2.31. The molecule has 0 rings (SSSR count). The van der Waals surface area contributed by atoms with Crippen molar-refractivity contribution < 1.29 is 17.9 Å². The van der Waals surface area contributed by atoms with E-state index in [2.05, 4.69) is 17.9 Å². The molecule has 0 saturated heterocycles. The maximum absolute atomic E-state index is 12.0. The van der Waals surface area contributed by atoms with Gasteiger partial charge in [-0.1, -0.05) is 19.2 Å². The number of methoxy groups -OCH3 is 1. The van der Waals surface area contributed by atoms with Crippen molar-refractivity contribution >= 4 is 0 Å². The fraction of sp³-hybridized carbons (Fsp3) is 0.250. The third-order valence-corrected chi connectivity index (χ3v) is 1.13. The number of halogens is 3. The second kappa shape index (κ2) is 3.99. The molecule has 0 bridgehead atoms. The normalized spacial score (nSPS) is 12.5. The Morgan fingerprint density at radius 2 is 1.92 bits per heavy atom. The minimum atomic E-state index is -4.40. The molecule has 0 amide bonds. The van der Waals surface area contributed by atoms with Crippen LogP contribution in [-0.2, 0) is 4.74 Å². The summed E-state index contributed by atoms with van der Waals surface area (Å²) in [6.45, 7) is 6.26. The second-order valence-corrected chi connectivity index (χ2v) is 1.97. The molecule has 0 radical (unpaired) electrons. The van der Waals surface area contributed by atoms with E-state index in [4.69, 9.17) is 0 Å². The molecule has 0 aromatic rings. The van der Waals surface area contributed by atoms with Crippen LogP contribution in [0.5, 0.6) is 0 Å². The third-order valence-electron chi connectivity index (χ3n) is 1.13. The topological polar surface area (TPSA) is 9.23 Å². The van der Waals surface area contributed by atoms with Gasteiger partial charge in [-0.25, -0.2) is 0 Å². The minimum absolute atomic E-state index is 0.0535. The van der Waals surface area contributed by atoms with E-state index in [0.29, 0.717) is 6.08 Å². The summed E-state index contributed by atoms with van der Waals surface area (Å²) in [5.74, 6) is -0.0535. The van der Waals surface area contributed by atoms with Crippen LogP contribution in [0.3, 0.4) is 0 Å². The first-order valence-corrected chi connectivity index (χ1v) is 3.06. The lowest BCUT2D eigenvalue weighted by atomic mass is 10.2. The second-order valence-electron chi connectivity index (χ2n) is 1.97. The van der Waals surface area contributed by atoms with Gasteiger partial charge < -0.3 is 4.74 Å². The van der Waals surface area contributed by atoms with Crippen LogP contribution < -0.4 is 0 Å². The average Bonchev–Trinajstić information content (AvgIpc) is 1.97. The fourth-order valence-electron chi connectivity index (χ4n) is 0.489. The molecule has 1 nitrogen and oxygen atoms in total. The van der Waals surface area contributed by atoms with Gasteiger partial charge in [-0.2, -0.15) is 13.2 Å². The molecule has 0 aliphatic heterocycles. The average molecular weight is 178 g/mol. The molecule has 4 heteroatoms.